The molecule has 0 saturated carbocycles. The maximum atomic E-state index is 13.4. The average Bonchev–Trinajstić information content (AvgIpc) is 3.17. The van der Waals surface area contributed by atoms with Crippen LogP contribution in [0.4, 0.5) is 17.1 Å². The van der Waals surface area contributed by atoms with Crippen molar-refractivity contribution >= 4 is 45.8 Å². The Labute approximate surface area is 219 Å². The SMILES string of the molecule is COc1ccc([N+](=O)[O-])cc1NC(=O)C[C@H]1SC(=Nc2ccccc2C)N(CCN2CCOCC2)C1=O. The zero-order chi connectivity index (χ0) is 26.4. The van der Waals surface area contributed by atoms with Crippen LogP contribution in [-0.4, -0.2) is 83.5 Å². The lowest BCUT2D eigenvalue weighted by Crippen LogP contribution is -2.43. The van der Waals surface area contributed by atoms with Gasteiger partial charge in [0.1, 0.15) is 11.0 Å². The number of nitrogens with one attached hydrogen (secondary N) is 1. The predicted molar refractivity (Wildman–Crippen MR) is 142 cm³/mol. The van der Waals surface area contributed by atoms with Crippen molar-refractivity contribution in [3.63, 3.8) is 0 Å². The summed E-state index contributed by atoms with van der Waals surface area (Å²) in [7, 11) is 1.41. The van der Waals surface area contributed by atoms with Crippen LogP contribution in [0, 0.1) is 17.0 Å². The number of ether oxygens (including phenoxy) is 2. The third kappa shape index (κ3) is 6.64. The van der Waals surface area contributed by atoms with Gasteiger partial charge in [-0.3, -0.25) is 29.5 Å². The number of anilines is 1. The third-order valence-corrected chi connectivity index (χ3v) is 7.31. The van der Waals surface area contributed by atoms with E-state index in [2.05, 4.69) is 10.2 Å². The Hall–Kier alpha value is -3.48. The van der Waals surface area contributed by atoms with Gasteiger partial charge in [-0.1, -0.05) is 30.0 Å². The zero-order valence-corrected chi connectivity index (χ0v) is 21.5. The molecule has 2 amide bonds. The topological polar surface area (TPSA) is 127 Å². The fourth-order valence-electron chi connectivity index (χ4n) is 4.07. The number of hydrogen-bond donors (Lipinski definition) is 1. The van der Waals surface area contributed by atoms with Crippen LogP contribution >= 0.6 is 11.8 Å². The second kappa shape index (κ2) is 12.2. The van der Waals surface area contributed by atoms with E-state index < -0.39 is 16.1 Å². The number of morpholine rings is 1. The van der Waals surface area contributed by atoms with Crippen molar-refractivity contribution < 1.29 is 24.0 Å². The Morgan fingerprint density at radius 1 is 1.24 bits per heavy atom. The van der Waals surface area contributed by atoms with Crippen LogP contribution in [0.3, 0.4) is 0 Å². The number of amidine groups is 1. The highest BCUT2D eigenvalue weighted by molar-refractivity contribution is 8.15. The highest BCUT2D eigenvalue weighted by Gasteiger charge is 2.39. The minimum absolute atomic E-state index is 0.115. The zero-order valence-electron chi connectivity index (χ0n) is 20.7. The van der Waals surface area contributed by atoms with Crippen molar-refractivity contribution in [3.8, 4) is 5.75 Å². The van der Waals surface area contributed by atoms with Gasteiger partial charge in [-0.2, -0.15) is 0 Å². The maximum Gasteiger partial charge on any atom is 0.271 e. The first-order chi connectivity index (χ1) is 17.9. The molecule has 0 aromatic heterocycles. The molecule has 12 heteroatoms. The van der Waals surface area contributed by atoms with Gasteiger partial charge in [0.2, 0.25) is 11.8 Å². The Balaban J connectivity index is 1.50. The van der Waals surface area contributed by atoms with Crippen molar-refractivity contribution in [1.29, 1.82) is 0 Å². The van der Waals surface area contributed by atoms with Gasteiger partial charge in [-0.25, -0.2) is 4.99 Å². The largest absolute Gasteiger partial charge is 0.495 e. The number of carbonyl (C=O) groups excluding carboxylic acids is 2. The third-order valence-electron chi connectivity index (χ3n) is 6.13. The number of aliphatic imine (C=N–C) groups is 1. The second-order valence-electron chi connectivity index (χ2n) is 8.63. The molecular weight excluding hydrogens is 498 g/mol. The molecule has 37 heavy (non-hydrogen) atoms. The molecule has 1 atom stereocenters. The van der Waals surface area contributed by atoms with Crippen LogP contribution in [0.2, 0.25) is 0 Å². The molecule has 2 aliphatic heterocycles. The van der Waals surface area contributed by atoms with Gasteiger partial charge in [0.25, 0.3) is 5.69 Å². The second-order valence-corrected chi connectivity index (χ2v) is 9.80. The number of aryl methyl sites for hydroxylation is 1. The van der Waals surface area contributed by atoms with Gasteiger partial charge >= 0.3 is 0 Å². The number of para-hydroxylation sites is 1. The van der Waals surface area contributed by atoms with E-state index in [1.807, 2.05) is 31.2 Å². The maximum absolute atomic E-state index is 13.4. The van der Waals surface area contributed by atoms with Gasteiger partial charge in [-0.05, 0) is 24.6 Å². The van der Waals surface area contributed by atoms with Crippen molar-refractivity contribution in [1.82, 2.24) is 9.80 Å². The van der Waals surface area contributed by atoms with E-state index in [1.165, 1.54) is 37.1 Å². The van der Waals surface area contributed by atoms with E-state index in [0.29, 0.717) is 37.2 Å². The molecule has 2 heterocycles. The Bertz CT molecular complexity index is 1200. The van der Waals surface area contributed by atoms with Crippen LogP contribution in [0.5, 0.6) is 5.75 Å². The normalized spacial score (nSPS) is 19.3. The number of thioether (sulfide) groups is 1. The molecule has 2 aliphatic rings. The van der Waals surface area contributed by atoms with Crippen molar-refractivity contribution in [2.45, 2.75) is 18.6 Å². The molecule has 2 fully saturated rings. The fraction of sp³-hybridized carbons (Fsp3) is 0.400. The smallest absolute Gasteiger partial charge is 0.271 e. The average molecular weight is 528 g/mol. The number of methoxy groups -OCH3 is 1. The Kier molecular flexibility index (Phi) is 8.74. The van der Waals surface area contributed by atoms with Gasteiger partial charge in [0.05, 0.1) is 36.6 Å². The summed E-state index contributed by atoms with van der Waals surface area (Å²) in [6.07, 6.45) is -0.115. The molecule has 1 N–H and O–H groups in total. The van der Waals surface area contributed by atoms with Crippen LogP contribution in [0.1, 0.15) is 12.0 Å². The molecule has 0 aliphatic carbocycles. The number of amides is 2. The van der Waals surface area contributed by atoms with Crippen LogP contribution in [-0.2, 0) is 14.3 Å². The molecule has 0 bridgehead atoms. The predicted octanol–water partition coefficient (Wildman–Crippen LogP) is 3.20. The first-order valence-corrected chi connectivity index (χ1v) is 12.8. The number of nitro groups is 1. The molecule has 0 radical (unpaired) electrons. The fourth-order valence-corrected chi connectivity index (χ4v) is 5.24. The molecule has 2 aromatic rings. The molecule has 0 unspecified atom stereocenters. The number of hydrogen-bond acceptors (Lipinski definition) is 9. The van der Waals surface area contributed by atoms with Gasteiger partial charge < -0.3 is 14.8 Å². The van der Waals surface area contributed by atoms with Crippen molar-refractivity contribution in [3.05, 3.63) is 58.1 Å². The highest BCUT2D eigenvalue weighted by atomic mass is 32.2. The van der Waals surface area contributed by atoms with Gasteiger partial charge in [0, 0.05) is 44.7 Å². The summed E-state index contributed by atoms with van der Waals surface area (Å²) in [6.45, 7) is 6.01. The van der Waals surface area contributed by atoms with Crippen LogP contribution in [0.15, 0.2) is 47.5 Å². The summed E-state index contributed by atoms with van der Waals surface area (Å²) in [5.41, 5.74) is 1.75. The highest BCUT2D eigenvalue weighted by Crippen LogP contribution is 2.34. The number of benzene rings is 2. The van der Waals surface area contributed by atoms with E-state index in [4.69, 9.17) is 14.5 Å². The molecule has 2 saturated heterocycles. The molecule has 2 aromatic carbocycles. The summed E-state index contributed by atoms with van der Waals surface area (Å²) < 4.78 is 10.6. The summed E-state index contributed by atoms with van der Waals surface area (Å²) >= 11 is 1.26. The lowest BCUT2D eigenvalue weighted by Gasteiger charge is -2.28. The van der Waals surface area contributed by atoms with Gasteiger partial charge in [0.15, 0.2) is 5.17 Å². The minimum atomic E-state index is -0.669. The summed E-state index contributed by atoms with van der Waals surface area (Å²) in [5.74, 6) is -0.347. The van der Waals surface area contributed by atoms with Gasteiger partial charge in [-0.15, -0.1) is 0 Å². The first-order valence-electron chi connectivity index (χ1n) is 11.9. The van der Waals surface area contributed by atoms with E-state index in [9.17, 15) is 19.7 Å². The number of carbonyl (C=O) groups is 2. The Morgan fingerprint density at radius 2 is 2.00 bits per heavy atom. The summed E-state index contributed by atoms with van der Waals surface area (Å²) in [6, 6.07) is 11.6. The molecule has 196 valence electrons. The van der Waals surface area contributed by atoms with Crippen LogP contribution in [0.25, 0.3) is 0 Å². The standard InChI is InChI=1S/C25H29N5O6S/c1-17-5-3-4-6-19(17)27-25-29(10-9-28-11-13-36-14-12-28)24(32)22(37-25)16-23(31)26-20-15-18(30(33)34)7-8-21(20)35-2/h3-8,15,22H,9-14,16H2,1-2H3,(H,26,31)/t22-/m1/s1. The number of rotatable bonds is 9. The van der Waals surface area contributed by atoms with Crippen molar-refractivity contribution in [2.24, 2.45) is 4.99 Å². The van der Waals surface area contributed by atoms with E-state index in [-0.39, 0.29) is 23.7 Å². The monoisotopic (exact) mass is 527 g/mol. The quantitative estimate of drug-likeness (QED) is 0.389. The lowest BCUT2D eigenvalue weighted by atomic mass is 10.2. The number of nitro benzene ring substituents is 1. The van der Waals surface area contributed by atoms with E-state index in [0.717, 1.165) is 24.3 Å². The Morgan fingerprint density at radius 3 is 2.70 bits per heavy atom. The lowest BCUT2D eigenvalue weighted by molar-refractivity contribution is -0.384. The van der Waals surface area contributed by atoms with E-state index in [1.54, 1.807) is 4.90 Å². The summed E-state index contributed by atoms with van der Waals surface area (Å²) in [5, 5.41) is 13.7. The van der Waals surface area contributed by atoms with Crippen molar-refractivity contribution in [2.75, 3.05) is 51.8 Å². The van der Waals surface area contributed by atoms with E-state index >= 15 is 0 Å². The minimum Gasteiger partial charge on any atom is -0.495 e. The van der Waals surface area contributed by atoms with Crippen LogP contribution < -0.4 is 10.1 Å². The summed E-state index contributed by atoms with van der Waals surface area (Å²) in [4.78, 5) is 45.6. The molecular formula is C25H29N5O6S. The molecule has 11 nitrogen and oxygen atoms in total. The molecule has 0 spiro atoms. The number of non-ortho nitro benzene ring substituents is 1. The number of nitrogens with zero attached hydrogens (tertiary/aromatic N) is 4. The molecule has 4 rings (SSSR count). The first kappa shape index (κ1) is 26.6.